The van der Waals surface area contributed by atoms with Crippen LogP contribution >= 0.6 is 0 Å². The molecule has 0 N–H and O–H groups in total. The smallest absolute Gasteiger partial charge is 0.0622 e. The minimum Gasteiger partial charge on any atom is -0.0622 e. The number of fused-ring (bicyclic) bond motifs is 3. The topological polar surface area (TPSA) is 0 Å². The first-order chi connectivity index (χ1) is 27.9. The van der Waals surface area contributed by atoms with Crippen molar-refractivity contribution in [2.75, 3.05) is 0 Å². The van der Waals surface area contributed by atoms with Crippen LogP contribution in [0.1, 0.15) is 32.9 Å². The molecule has 7 aromatic rings. The molecule has 0 aliphatic rings. The zero-order valence-corrected chi connectivity index (χ0v) is 18.0. The molecule has 36 heavy (non-hydrogen) atoms. The first-order valence-electron chi connectivity index (χ1n) is 22.5. The highest BCUT2D eigenvalue weighted by molar-refractivity contribution is 6.21. The van der Waals surface area contributed by atoms with E-state index in [1.54, 1.807) is 0 Å². The molecule has 0 aliphatic carbocycles. The summed E-state index contributed by atoms with van der Waals surface area (Å²) in [6, 6.07) is -21.7. The molecule has 0 aliphatic heterocycles. The van der Waals surface area contributed by atoms with Gasteiger partial charge in [-0.05, 0) is 71.7 Å². The van der Waals surface area contributed by atoms with E-state index < -0.39 is 211 Å². The van der Waals surface area contributed by atoms with Crippen LogP contribution in [-0.2, 0) is 0 Å². The van der Waals surface area contributed by atoms with Gasteiger partial charge in [-0.2, -0.15) is 0 Å². The molecule has 7 rings (SSSR count). The molecule has 0 atom stereocenters. The summed E-state index contributed by atoms with van der Waals surface area (Å²) in [7, 11) is 0. The predicted molar refractivity (Wildman–Crippen MR) is 155 cm³/mol. The third-order valence-electron chi connectivity index (χ3n) is 5.50. The minimum absolute atomic E-state index is 0.545. The molecule has 0 heteroatoms. The van der Waals surface area contributed by atoms with Gasteiger partial charge in [0, 0.05) is 0 Å². The normalized spacial score (nSPS) is 20.7. The van der Waals surface area contributed by atoms with Gasteiger partial charge >= 0.3 is 0 Å². The first kappa shape index (κ1) is 7.66. The Kier molecular flexibility index (Phi) is 1.81. The molecule has 7 aromatic carbocycles. The predicted octanol–water partition coefficient (Wildman–Crippen LogP) is 10.1. The van der Waals surface area contributed by atoms with Crippen molar-refractivity contribution in [2.24, 2.45) is 0 Å². The number of rotatable bonds is 3. The maximum Gasteiger partial charge on any atom is 0.0636 e. The Bertz CT molecular complexity index is 3050. The Labute approximate surface area is 244 Å². The summed E-state index contributed by atoms with van der Waals surface area (Å²) in [5.74, 6) is 0. The lowest BCUT2D eigenvalue weighted by Crippen LogP contribution is -1.91. The minimum atomic E-state index is -1.02. The fraction of sp³-hybridized carbons (Fsp3) is 0. The van der Waals surface area contributed by atoms with Crippen molar-refractivity contribution in [3.8, 4) is 33.4 Å². The van der Waals surface area contributed by atoms with Crippen LogP contribution in [0.4, 0.5) is 0 Å². The van der Waals surface area contributed by atoms with Crippen molar-refractivity contribution in [2.45, 2.75) is 0 Å². The second kappa shape index (κ2) is 8.52. The molecular weight excluding hydrogens is 432 g/mol. The third kappa shape index (κ3) is 3.39. The third-order valence-corrected chi connectivity index (χ3v) is 5.50. The molecule has 0 aromatic heterocycles. The second-order valence-corrected chi connectivity index (χ2v) is 7.50. The average Bonchev–Trinajstić information content (AvgIpc) is 3.21. The van der Waals surface area contributed by atoms with E-state index in [-0.39, 0.29) is 0 Å². The summed E-state index contributed by atoms with van der Waals surface area (Å²) >= 11 is 0. The Hall–Kier alpha value is -4.68. The number of hydrogen-bond acceptors (Lipinski definition) is 0. The Morgan fingerprint density at radius 2 is 0.722 bits per heavy atom. The van der Waals surface area contributed by atoms with Crippen LogP contribution in [0.5, 0.6) is 0 Å². The van der Waals surface area contributed by atoms with E-state index in [9.17, 15) is 9.60 Å². The van der Waals surface area contributed by atoms with Gasteiger partial charge in [0.25, 0.3) is 0 Å². The Morgan fingerprint density at radius 3 is 1.33 bits per heavy atom. The van der Waals surface area contributed by atoms with Gasteiger partial charge in [-0.3, -0.25) is 0 Å². The lowest BCUT2D eigenvalue weighted by Gasteiger charge is -2.18. The second-order valence-electron chi connectivity index (χ2n) is 7.50. The number of hydrogen-bond donors (Lipinski definition) is 0. The molecule has 0 radical (unpaired) electrons. The summed E-state index contributed by atoms with van der Waals surface area (Å²) in [5, 5.41) is -3.87. The maximum absolute atomic E-state index is 9.32. The molecule has 0 nitrogen and oxygen atoms in total. The quantitative estimate of drug-likeness (QED) is 0.221. The molecule has 0 saturated carbocycles. The van der Waals surface area contributed by atoms with Crippen molar-refractivity contribution < 1.29 is 32.9 Å². The summed E-state index contributed by atoms with van der Waals surface area (Å²) in [6.45, 7) is 0. The van der Waals surface area contributed by atoms with E-state index in [2.05, 4.69) is 0 Å². The standard InChI is InChI=1S/C36H24/c1-2-10-25(11-3-1)27-18-21-28(22-19-27)35-31-14-6-8-16-33(31)36(34-17-9-7-15-32(34)35)30-23-20-26-12-4-5-13-29(26)24-30/h1-24H/i1D,2D,3D,4D,5D,6D,7D,8D,9D,10D,11D,12D,13D,14D,15D,16D,17D,18D,19D,20D,21D,22D,23D,24D. The van der Waals surface area contributed by atoms with Crippen molar-refractivity contribution >= 4 is 32.3 Å². The van der Waals surface area contributed by atoms with Crippen LogP contribution in [0.15, 0.2) is 145 Å². The van der Waals surface area contributed by atoms with Gasteiger partial charge in [-0.25, -0.2) is 0 Å². The number of benzene rings is 7. The molecule has 0 saturated heterocycles. The van der Waals surface area contributed by atoms with E-state index >= 15 is 0 Å². The van der Waals surface area contributed by atoms with Crippen LogP contribution < -0.4 is 0 Å². The molecule has 0 bridgehead atoms. The van der Waals surface area contributed by atoms with Gasteiger partial charge in [-0.15, -0.1) is 0 Å². The van der Waals surface area contributed by atoms with Crippen molar-refractivity contribution in [3.05, 3.63) is 145 Å². The first-order valence-corrected chi connectivity index (χ1v) is 10.5. The van der Waals surface area contributed by atoms with E-state index in [0.717, 1.165) is 0 Å². The Morgan fingerprint density at radius 1 is 0.306 bits per heavy atom. The summed E-state index contributed by atoms with van der Waals surface area (Å²) in [6.07, 6.45) is 0. The highest BCUT2D eigenvalue weighted by Gasteiger charge is 2.16. The van der Waals surface area contributed by atoms with Gasteiger partial charge in [0.1, 0.15) is 0 Å². The highest BCUT2D eigenvalue weighted by atomic mass is 14.2. The molecule has 0 fully saturated rings. The van der Waals surface area contributed by atoms with E-state index in [1.165, 1.54) is 0 Å². The fourth-order valence-corrected chi connectivity index (χ4v) is 3.97. The van der Waals surface area contributed by atoms with Gasteiger partial charge in [-0.1, -0.05) is 139 Å². The van der Waals surface area contributed by atoms with Crippen LogP contribution in [0.3, 0.4) is 0 Å². The van der Waals surface area contributed by atoms with E-state index in [0.29, 0.717) is 0 Å². The van der Waals surface area contributed by atoms with Crippen LogP contribution in [-0.4, -0.2) is 0 Å². The van der Waals surface area contributed by atoms with Crippen molar-refractivity contribution in [1.82, 2.24) is 0 Å². The zero-order valence-electron chi connectivity index (χ0n) is 42.0. The average molecular weight is 481 g/mol. The van der Waals surface area contributed by atoms with E-state index in [1.807, 2.05) is 0 Å². The van der Waals surface area contributed by atoms with Crippen molar-refractivity contribution in [3.63, 3.8) is 0 Å². The summed E-state index contributed by atoms with van der Waals surface area (Å²) < 4.78 is 210. The van der Waals surface area contributed by atoms with Crippen molar-refractivity contribution in [1.29, 1.82) is 0 Å². The van der Waals surface area contributed by atoms with Crippen LogP contribution in [0.2, 0.25) is 0 Å². The lowest BCUT2D eigenvalue weighted by molar-refractivity contribution is 1.61. The SMILES string of the molecule is [2H]c1c([2H])c([2H])c(-c2c([2H])c([2H])c(-c3c4c([2H])c([2H])c([2H])c([2H])c4c(-c4c([2H])c([2H])c5c([2H])c([2H])c([2H])c([2H])c5c4[2H])c4c([2H])c([2H])c([2H])c([2H])c34)c([2H])c2[2H])c([2H])c1[2H]. The monoisotopic (exact) mass is 480 g/mol. The molecule has 0 spiro atoms. The summed E-state index contributed by atoms with van der Waals surface area (Å²) in [4.78, 5) is 0. The van der Waals surface area contributed by atoms with Crippen LogP contribution in [0.25, 0.3) is 65.7 Å². The van der Waals surface area contributed by atoms with Gasteiger partial charge in [0.2, 0.25) is 0 Å². The molecule has 168 valence electrons. The fourth-order valence-electron chi connectivity index (χ4n) is 3.97. The van der Waals surface area contributed by atoms with Gasteiger partial charge in [0.15, 0.2) is 0 Å². The van der Waals surface area contributed by atoms with E-state index in [4.69, 9.17) is 23.3 Å². The molecular formula is C36H24. The Balaban J connectivity index is 1.84. The van der Waals surface area contributed by atoms with Gasteiger partial charge in [0.05, 0.1) is 32.9 Å². The summed E-state index contributed by atoms with van der Waals surface area (Å²) in [5.41, 5.74) is -4.34. The zero-order chi connectivity index (χ0) is 44.8. The van der Waals surface area contributed by atoms with Crippen LogP contribution in [0, 0.1) is 0 Å². The highest BCUT2D eigenvalue weighted by Crippen LogP contribution is 2.44. The molecule has 0 heterocycles. The maximum atomic E-state index is 9.32. The van der Waals surface area contributed by atoms with Gasteiger partial charge < -0.3 is 0 Å². The molecule has 0 amide bonds. The largest absolute Gasteiger partial charge is 0.0636 e. The molecule has 0 unspecified atom stereocenters. The lowest BCUT2D eigenvalue weighted by atomic mass is 9.85.